The lowest BCUT2D eigenvalue weighted by Crippen LogP contribution is -2.48. The van der Waals surface area contributed by atoms with E-state index in [0.29, 0.717) is 55.1 Å². The van der Waals surface area contributed by atoms with Crippen LogP contribution in [0.2, 0.25) is 0 Å². The van der Waals surface area contributed by atoms with Crippen LogP contribution in [0.5, 0.6) is 5.75 Å². The van der Waals surface area contributed by atoms with Crippen LogP contribution >= 0.6 is 0 Å². The van der Waals surface area contributed by atoms with Gasteiger partial charge in [-0.3, -0.25) is 19.7 Å². The number of carbonyl (C=O) groups excluding carboxylic acids is 1. The van der Waals surface area contributed by atoms with Crippen molar-refractivity contribution in [1.29, 1.82) is 0 Å². The topological polar surface area (TPSA) is 92.7 Å². The second-order valence-electron chi connectivity index (χ2n) is 9.20. The molecule has 0 aliphatic carbocycles. The molecule has 196 valence electrons. The summed E-state index contributed by atoms with van der Waals surface area (Å²) in [6.45, 7) is 2.90. The molecule has 1 amide bonds. The lowest BCUT2D eigenvalue weighted by Gasteiger charge is -2.34. The van der Waals surface area contributed by atoms with Crippen LogP contribution in [0.25, 0.3) is 10.9 Å². The number of ether oxygens (including phenoxy) is 1. The summed E-state index contributed by atoms with van der Waals surface area (Å²) in [6, 6.07) is 15.0. The summed E-state index contributed by atoms with van der Waals surface area (Å²) in [5.41, 5.74) is 2.11. The third kappa shape index (κ3) is 5.51. The Morgan fingerprint density at radius 1 is 1.03 bits per heavy atom. The van der Waals surface area contributed by atoms with Gasteiger partial charge in [-0.2, -0.15) is 0 Å². The van der Waals surface area contributed by atoms with Gasteiger partial charge in [0.1, 0.15) is 11.6 Å². The number of hydrogen-bond donors (Lipinski definition) is 0. The molecule has 4 aromatic rings. The third-order valence-electron chi connectivity index (χ3n) is 6.64. The van der Waals surface area contributed by atoms with Gasteiger partial charge in [0.25, 0.3) is 5.91 Å². The minimum Gasteiger partial charge on any atom is -0.496 e. The van der Waals surface area contributed by atoms with Crippen molar-refractivity contribution in [2.75, 3.05) is 33.3 Å². The van der Waals surface area contributed by atoms with Gasteiger partial charge >= 0.3 is 0 Å². The normalized spacial score (nSPS) is 14.5. The number of carbonyl (C=O) groups is 1. The number of pyridine rings is 2. The number of aromatic nitrogens is 2. The maximum absolute atomic E-state index is 13.4. The molecule has 1 saturated heterocycles. The number of sulfone groups is 1. The Balaban J connectivity index is 1.28. The first kappa shape index (κ1) is 25.7. The number of rotatable bonds is 7. The van der Waals surface area contributed by atoms with E-state index in [-0.39, 0.29) is 22.4 Å². The summed E-state index contributed by atoms with van der Waals surface area (Å²) >= 11 is 0. The van der Waals surface area contributed by atoms with E-state index in [0.717, 1.165) is 10.9 Å². The predicted octanol–water partition coefficient (Wildman–Crippen LogP) is 3.71. The maximum atomic E-state index is 13.4. The number of benzene rings is 2. The summed E-state index contributed by atoms with van der Waals surface area (Å²) in [4.78, 5) is 25.4. The molecular formula is C28H27FN4O4S. The van der Waals surface area contributed by atoms with Crippen molar-refractivity contribution in [1.82, 2.24) is 19.8 Å². The van der Waals surface area contributed by atoms with Gasteiger partial charge in [0.15, 0.2) is 9.84 Å². The molecule has 0 atom stereocenters. The Morgan fingerprint density at radius 2 is 1.82 bits per heavy atom. The fourth-order valence-electron chi connectivity index (χ4n) is 4.70. The summed E-state index contributed by atoms with van der Waals surface area (Å²) < 4.78 is 45.6. The summed E-state index contributed by atoms with van der Waals surface area (Å²) in [5.74, 6) is -0.461. The molecule has 0 N–H and O–H groups in total. The van der Waals surface area contributed by atoms with Gasteiger partial charge in [-0.05, 0) is 35.9 Å². The first-order valence-corrected chi connectivity index (χ1v) is 13.8. The molecule has 3 heterocycles. The lowest BCUT2D eigenvalue weighted by atomic mass is 10.1. The van der Waals surface area contributed by atoms with E-state index in [4.69, 9.17) is 4.74 Å². The number of nitrogens with zero attached hydrogens (tertiary/aromatic N) is 4. The average molecular weight is 535 g/mol. The summed E-state index contributed by atoms with van der Waals surface area (Å²) in [7, 11) is -2.27. The van der Waals surface area contributed by atoms with Crippen LogP contribution in [0.4, 0.5) is 4.39 Å². The van der Waals surface area contributed by atoms with Crippen molar-refractivity contribution < 1.29 is 22.3 Å². The molecule has 38 heavy (non-hydrogen) atoms. The minimum atomic E-state index is -3.73. The molecule has 0 unspecified atom stereocenters. The number of methoxy groups -OCH3 is 1. The highest BCUT2D eigenvalue weighted by Gasteiger charge is 2.25. The van der Waals surface area contributed by atoms with E-state index in [1.54, 1.807) is 53.7 Å². The van der Waals surface area contributed by atoms with Crippen LogP contribution in [-0.4, -0.2) is 67.4 Å². The molecule has 0 radical (unpaired) electrons. The van der Waals surface area contributed by atoms with Gasteiger partial charge < -0.3 is 9.64 Å². The van der Waals surface area contributed by atoms with E-state index >= 15 is 0 Å². The molecule has 2 aromatic heterocycles. The van der Waals surface area contributed by atoms with Crippen LogP contribution < -0.4 is 4.74 Å². The van der Waals surface area contributed by atoms with Crippen LogP contribution in [0.15, 0.2) is 78.1 Å². The van der Waals surface area contributed by atoms with E-state index in [1.807, 2.05) is 12.1 Å². The summed E-state index contributed by atoms with van der Waals surface area (Å²) in [5, 5.41) is 0.745. The average Bonchev–Trinajstić information content (AvgIpc) is 2.93. The Hall–Kier alpha value is -3.89. The molecule has 8 nitrogen and oxygen atoms in total. The minimum absolute atomic E-state index is 0.150. The zero-order chi connectivity index (χ0) is 26.7. The number of para-hydroxylation sites is 1. The van der Waals surface area contributed by atoms with Gasteiger partial charge in [0.05, 0.1) is 29.5 Å². The number of halogens is 1. The second kappa shape index (κ2) is 10.8. The van der Waals surface area contributed by atoms with Crippen LogP contribution in [0, 0.1) is 5.82 Å². The van der Waals surface area contributed by atoms with E-state index in [2.05, 4.69) is 14.9 Å². The molecule has 1 fully saturated rings. The zero-order valence-corrected chi connectivity index (χ0v) is 21.7. The SMILES string of the molecule is COc1cc(C(=O)N2CCN(Cc3cncc(F)c3)CC2)ccc1CS(=O)(=O)c1cccc2cccnc12. The third-order valence-corrected chi connectivity index (χ3v) is 8.33. The van der Waals surface area contributed by atoms with Gasteiger partial charge in [-0.1, -0.05) is 24.3 Å². The van der Waals surface area contributed by atoms with Crippen molar-refractivity contribution in [2.45, 2.75) is 17.2 Å². The highest BCUT2D eigenvalue weighted by Crippen LogP contribution is 2.29. The zero-order valence-electron chi connectivity index (χ0n) is 20.9. The number of piperazine rings is 1. The van der Waals surface area contributed by atoms with Gasteiger partial charge in [0, 0.05) is 61.6 Å². The standard InChI is InChI=1S/C28H27FN4O4S/c1-37-25-15-22(28(34)33-12-10-32(11-13-33)18-20-14-24(29)17-30-16-20)7-8-23(25)19-38(35,36)26-6-2-4-21-5-3-9-31-27(21)26/h2-9,14-17H,10-13,18-19H2,1H3. The van der Waals surface area contributed by atoms with Gasteiger partial charge in [-0.25, -0.2) is 12.8 Å². The van der Waals surface area contributed by atoms with Crippen molar-refractivity contribution in [3.63, 3.8) is 0 Å². The number of amides is 1. The van der Waals surface area contributed by atoms with E-state index in [1.165, 1.54) is 19.4 Å². The Labute approximate surface area is 220 Å². The van der Waals surface area contributed by atoms with Crippen LogP contribution in [0.3, 0.4) is 0 Å². The molecule has 10 heteroatoms. The Kier molecular flexibility index (Phi) is 7.35. The van der Waals surface area contributed by atoms with Crippen LogP contribution in [-0.2, 0) is 22.1 Å². The fraction of sp³-hybridized carbons (Fsp3) is 0.250. The molecular weight excluding hydrogens is 507 g/mol. The van der Waals surface area contributed by atoms with Gasteiger partial charge in [0.2, 0.25) is 0 Å². The van der Waals surface area contributed by atoms with Crippen molar-refractivity contribution in [3.05, 3.63) is 95.7 Å². The molecule has 1 aliphatic rings. The maximum Gasteiger partial charge on any atom is 0.254 e. The molecule has 5 rings (SSSR count). The Bertz CT molecular complexity index is 1580. The molecule has 1 aliphatic heterocycles. The largest absolute Gasteiger partial charge is 0.496 e. The van der Waals surface area contributed by atoms with Crippen molar-refractivity contribution >= 4 is 26.6 Å². The monoisotopic (exact) mass is 534 g/mol. The van der Waals surface area contributed by atoms with E-state index in [9.17, 15) is 17.6 Å². The first-order chi connectivity index (χ1) is 18.3. The van der Waals surface area contributed by atoms with E-state index < -0.39 is 9.84 Å². The highest BCUT2D eigenvalue weighted by atomic mass is 32.2. The summed E-state index contributed by atoms with van der Waals surface area (Å²) in [6.07, 6.45) is 4.39. The number of fused-ring (bicyclic) bond motifs is 1. The second-order valence-corrected chi connectivity index (χ2v) is 11.2. The lowest BCUT2D eigenvalue weighted by molar-refractivity contribution is 0.0628. The molecule has 2 aromatic carbocycles. The molecule has 0 bridgehead atoms. The number of hydrogen-bond acceptors (Lipinski definition) is 7. The molecule has 0 spiro atoms. The van der Waals surface area contributed by atoms with Crippen molar-refractivity contribution in [2.24, 2.45) is 0 Å². The first-order valence-electron chi connectivity index (χ1n) is 12.2. The Morgan fingerprint density at radius 3 is 2.58 bits per heavy atom. The van der Waals surface area contributed by atoms with Gasteiger partial charge in [-0.15, -0.1) is 0 Å². The molecule has 0 saturated carbocycles. The van der Waals surface area contributed by atoms with Crippen molar-refractivity contribution in [3.8, 4) is 5.75 Å². The fourth-order valence-corrected chi connectivity index (χ4v) is 6.25. The quantitative estimate of drug-likeness (QED) is 0.357. The highest BCUT2D eigenvalue weighted by molar-refractivity contribution is 7.90. The smallest absolute Gasteiger partial charge is 0.254 e. The predicted molar refractivity (Wildman–Crippen MR) is 141 cm³/mol. The van der Waals surface area contributed by atoms with Crippen LogP contribution in [0.1, 0.15) is 21.5 Å².